The van der Waals surface area contributed by atoms with Gasteiger partial charge in [-0.15, -0.1) is 0 Å². The molecular formula is C17H20BrN3O6. The highest BCUT2D eigenvalue weighted by Gasteiger charge is 2.43. The van der Waals surface area contributed by atoms with Crippen LogP contribution in [0.5, 0.6) is 0 Å². The quantitative estimate of drug-likeness (QED) is 0.543. The number of hydrogen-bond donors (Lipinski definition) is 3. The summed E-state index contributed by atoms with van der Waals surface area (Å²) in [5, 5.41) is 33.1. The van der Waals surface area contributed by atoms with Gasteiger partial charge < -0.3 is 24.9 Å². The van der Waals surface area contributed by atoms with Crippen LogP contribution in [0.3, 0.4) is 0 Å². The summed E-state index contributed by atoms with van der Waals surface area (Å²) >= 11 is 3.36. The molecule has 3 N–H and O–H groups in total. The largest absolute Gasteiger partial charge is 0.394 e. The topological polar surface area (TPSA) is 118 Å². The van der Waals surface area contributed by atoms with E-state index in [4.69, 9.17) is 9.57 Å². The van der Waals surface area contributed by atoms with Crippen LogP contribution in [0.25, 0.3) is 0 Å². The van der Waals surface area contributed by atoms with E-state index in [0.29, 0.717) is 0 Å². The van der Waals surface area contributed by atoms with Crippen molar-refractivity contribution in [3.8, 4) is 0 Å². The lowest BCUT2D eigenvalue weighted by molar-refractivity contribution is -0.0555. The van der Waals surface area contributed by atoms with E-state index in [1.54, 1.807) is 0 Å². The van der Waals surface area contributed by atoms with Crippen LogP contribution in [0.15, 0.2) is 51.0 Å². The molecule has 2 heterocycles. The summed E-state index contributed by atoms with van der Waals surface area (Å²) < 4.78 is 8.71. The normalized spacial score (nSPS) is 25.7. The van der Waals surface area contributed by atoms with E-state index >= 15 is 0 Å². The third kappa shape index (κ3) is 4.14. The fourth-order valence-corrected chi connectivity index (χ4v) is 3.01. The predicted octanol–water partition coefficient (Wildman–Crippen LogP) is -0.407. The van der Waals surface area contributed by atoms with E-state index in [9.17, 15) is 20.1 Å². The first-order chi connectivity index (χ1) is 12.9. The van der Waals surface area contributed by atoms with Crippen molar-refractivity contribution in [2.24, 2.45) is 12.2 Å². The Labute approximate surface area is 162 Å². The second kappa shape index (κ2) is 8.36. The summed E-state index contributed by atoms with van der Waals surface area (Å²) in [6.45, 7) is -0.224. The molecule has 0 amide bonds. The lowest BCUT2D eigenvalue weighted by Gasteiger charge is -2.18. The highest BCUT2D eigenvalue weighted by molar-refractivity contribution is 9.10. The number of hydrogen-bond acceptors (Lipinski definition) is 7. The van der Waals surface area contributed by atoms with Crippen LogP contribution in [-0.2, 0) is 23.2 Å². The standard InChI is InChI=1S/C17H20BrN3O6/c1-20-13(19-26-9-10-2-4-11(18)5-3-10)6-7-21(17(20)25)16-15(24)14(23)12(8-22)27-16/h2-7,12,14-16,22-24H,8-9H2,1H3/t12-,14-,15-,16-/m1/s1. The average Bonchev–Trinajstić information content (AvgIpc) is 2.95. The molecule has 0 aliphatic carbocycles. The molecule has 0 unspecified atom stereocenters. The van der Waals surface area contributed by atoms with Crippen LogP contribution in [0.2, 0.25) is 0 Å². The minimum absolute atomic E-state index is 0.241. The van der Waals surface area contributed by atoms with Crippen molar-refractivity contribution in [1.82, 2.24) is 9.13 Å². The molecule has 1 aliphatic heterocycles. The third-order valence-electron chi connectivity index (χ3n) is 4.33. The highest BCUT2D eigenvalue weighted by atomic mass is 79.9. The van der Waals surface area contributed by atoms with Gasteiger partial charge in [-0.3, -0.25) is 9.13 Å². The maximum Gasteiger partial charge on any atom is 0.331 e. The van der Waals surface area contributed by atoms with Crippen molar-refractivity contribution < 1.29 is 24.9 Å². The Hall–Kier alpha value is -1.98. The molecule has 0 spiro atoms. The maximum absolute atomic E-state index is 12.6. The fraction of sp³-hybridized carbons (Fsp3) is 0.412. The number of aliphatic hydroxyl groups excluding tert-OH is 3. The lowest BCUT2D eigenvalue weighted by Crippen LogP contribution is -2.42. The van der Waals surface area contributed by atoms with Crippen molar-refractivity contribution in [2.75, 3.05) is 6.61 Å². The van der Waals surface area contributed by atoms with Crippen molar-refractivity contribution in [2.45, 2.75) is 31.1 Å². The molecule has 2 aromatic rings. The van der Waals surface area contributed by atoms with Gasteiger partial charge in [0.25, 0.3) is 0 Å². The molecule has 4 atom stereocenters. The lowest BCUT2D eigenvalue weighted by atomic mass is 10.1. The first-order valence-electron chi connectivity index (χ1n) is 8.23. The van der Waals surface area contributed by atoms with Gasteiger partial charge in [0, 0.05) is 23.8 Å². The maximum atomic E-state index is 12.6. The van der Waals surface area contributed by atoms with Gasteiger partial charge >= 0.3 is 5.69 Å². The summed E-state index contributed by atoms with van der Waals surface area (Å²) in [6.07, 6.45) is -3.29. The summed E-state index contributed by atoms with van der Waals surface area (Å²) in [5.74, 6) is 0. The molecule has 1 saturated heterocycles. The summed E-state index contributed by atoms with van der Waals surface area (Å²) in [4.78, 5) is 17.9. The van der Waals surface area contributed by atoms with E-state index in [1.807, 2.05) is 24.3 Å². The minimum Gasteiger partial charge on any atom is -0.394 e. The average molecular weight is 442 g/mol. The molecule has 0 saturated carbocycles. The summed E-state index contributed by atoms with van der Waals surface area (Å²) in [6, 6.07) is 9.08. The molecule has 0 radical (unpaired) electrons. The van der Waals surface area contributed by atoms with Crippen LogP contribution in [0, 0.1) is 0 Å². The molecular weight excluding hydrogens is 422 g/mol. The van der Waals surface area contributed by atoms with Crippen LogP contribution in [-0.4, -0.2) is 49.4 Å². The van der Waals surface area contributed by atoms with Crippen LogP contribution in [0.4, 0.5) is 0 Å². The third-order valence-corrected chi connectivity index (χ3v) is 4.86. The monoisotopic (exact) mass is 441 g/mol. The van der Waals surface area contributed by atoms with Gasteiger partial charge in [0.2, 0.25) is 0 Å². The van der Waals surface area contributed by atoms with Crippen molar-refractivity contribution >= 4 is 15.9 Å². The number of nitrogens with zero attached hydrogens (tertiary/aromatic N) is 3. The van der Waals surface area contributed by atoms with Crippen LogP contribution < -0.4 is 11.2 Å². The molecule has 9 nitrogen and oxygen atoms in total. The molecule has 1 aromatic heterocycles. The number of rotatable bonds is 5. The van der Waals surface area contributed by atoms with Gasteiger partial charge in [0.15, 0.2) is 11.7 Å². The van der Waals surface area contributed by atoms with Crippen molar-refractivity contribution in [3.63, 3.8) is 0 Å². The SMILES string of the molecule is Cn1c(=NOCc2ccc(Br)cc2)ccn([C@@H]2O[C@H](CO)[C@@H](O)[C@H]2O)c1=O. The van der Waals surface area contributed by atoms with E-state index in [2.05, 4.69) is 21.1 Å². The Morgan fingerprint density at radius 1 is 1.22 bits per heavy atom. The van der Waals surface area contributed by atoms with E-state index in [1.165, 1.54) is 23.9 Å². The van der Waals surface area contributed by atoms with Crippen molar-refractivity contribution in [1.29, 1.82) is 0 Å². The smallest absolute Gasteiger partial charge is 0.331 e. The van der Waals surface area contributed by atoms with Gasteiger partial charge in [-0.2, -0.15) is 0 Å². The molecule has 1 aromatic carbocycles. The zero-order chi connectivity index (χ0) is 19.6. The van der Waals surface area contributed by atoms with Gasteiger partial charge in [0.05, 0.1) is 6.61 Å². The molecule has 3 rings (SSSR count). The summed E-state index contributed by atoms with van der Waals surface area (Å²) in [7, 11) is 1.50. The number of aromatic nitrogens is 2. The van der Waals surface area contributed by atoms with Crippen LogP contribution >= 0.6 is 15.9 Å². The zero-order valence-electron chi connectivity index (χ0n) is 14.5. The van der Waals surface area contributed by atoms with Gasteiger partial charge in [0.1, 0.15) is 24.9 Å². The predicted molar refractivity (Wildman–Crippen MR) is 97.2 cm³/mol. The molecule has 0 bridgehead atoms. The van der Waals surface area contributed by atoms with Gasteiger partial charge in [-0.25, -0.2) is 4.79 Å². The Morgan fingerprint density at radius 2 is 1.93 bits per heavy atom. The molecule has 1 aliphatic rings. The first kappa shape index (κ1) is 19.8. The first-order valence-corrected chi connectivity index (χ1v) is 9.02. The Morgan fingerprint density at radius 3 is 2.56 bits per heavy atom. The molecule has 10 heteroatoms. The minimum atomic E-state index is -1.34. The molecule has 27 heavy (non-hydrogen) atoms. The number of halogens is 1. The number of aliphatic hydroxyl groups is 3. The van der Waals surface area contributed by atoms with Gasteiger partial charge in [-0.05, 0) is 17.7 Å². The van der Waals surface area contributed by atoms with E-state index < -0.39 is 36.8 Å². The Balaban J connectivity index is 1.79. The molecule has 1 fully saturated rings. The Kier molecular flexibility index (Phi) is 6.12. The fourth-order valence-electron chi connectivity index (χ4n) is 2.74. The van der Waals surface area contributed by atoms with Crippen LogP contribution in [0.1, 0.15) is 11.8 Å². The summed E-state index contributed by atoms with van der Waals surface area (Å²) in [5.41, 5.74) is 0.683. The number of benzene rings is 1. The number of ether oxygens (including phenoxy) is 1. The van der Waals surface area contributed by atoms with Crippen molar-refractivity contribution in [3.05, 3.63) is 62.5 Å². The molecule has 146 valence electrons. The highest BCUT2D eigenvalue weighted by Crippen LogP contribution is 2.27. The Bertz CT molecular complexity index is 910. The van der Waals surface area contributed by atoms with Gasteiger partial charge in [-0.1, -0.05) is 33.2 Å². The van der Waals surface area contributed by atoms with E-state index in [-0.39, 0.29) is 12.1 Å². The van der Waals surface area contributed by atoms with E-state index in [0.717, 1.165) is 14.6 Å². The second-order valence-electron chi connectivity index (χ2n) is 6.14. The zero-order valence-corrected chi connectivity index (χ0v) is 16.1. The second-order valence-corrected chi connectivity index (χ2v) is 7.06.